The van der Waals surface area contributed by atoms with Gasteiger partial charge in [0.05, 0.1) is 17.6 Å². The van der Waals surface area contributed by atoms with Crippen LogP contribution >= 0.6 is 0 Å². The normalized spacial score (nSPS) is 11.6. The van der Waals surface area contributed by atoms with Gasteiger partial charge in [0, 0.05) is 6.20 Å². The van der Waals surface area contributed by atoms with Gasteiger partial charge in [-0.3, -0.25) is 4.98 Å². The molecule has 0 N–H and O–H groups in total. The van der Waals surface area contributed by atoms with E-state index < -0.39 is 0 Å². The highest BCUT2D eigenvalue weighted by molar-refractivity contribution is 6.03. The summed E-state index contributed by atoms with van der Waals surface area (Å²) in [6, 6.07) is 38.5. The molecule has 0 spiro atoms. The van der Waals surface area contributed by atoms with Crippen molar-refractivity contribution in [3.8, 4) is 11.5 Å². The van der Waals surface area contributed by atoms with Crippen molar-refractivity contribution in [3.63, 3.8) is 0 Å². The molecular weight excluding hydrogens is 414 g/mol. The molecule has 0 radical (unpaired) electrons. The minimum atomic E-state index is 0.711. The maximum Gasteiger partial charge on any atom is 0.160 e. The molecule has 2 heterocycles. The van der Waals surface area contributed by atoms with Gasteiger partial charge >= 0.3 is 0 Å². The maximum absolute atomic E-state index is 5.09. The van der Waals surface area contributed by atoms with Crippen molar-refractivity contribution in [1.29, 1.82) is 0 Å². The molecule has 2 aromatic heterocycles. The Morgan fingerprint density at radius 2 is 1.21 bits per heavy atom. The summed E-state index contributed by atoms with van der Waals surface area (Å²) >= 11 is 0. The Morgan fingerprint density at radius 3 is 1.88 bits per heavy atom. The van der Waals surface area contributed by atoms with Crippen LogP contribution in [0.2, 0.25) is 0 Å². The number of fused-ring (bicyclic) bond motifs is 4. The Balaban J connectivity index is 1.56. The van der Waals surface area contributed by atoms with E-state index in [1.165, 1.54) is 37.9 Å². The third-order valence-corrected chi connectivity index (χ3v) is 6.71. The molecule has 0 saturated carbocycles. The SMILES string of the molecule is c1ccc(-c2nc3cc4ccccc4cc3n2Cc2c3ccccc3cc3ccccc23)nc1. The smallest absolute Gasteiger partial charge is 0.160 e. The number of aromatic nitrogens is 3. The first-order valence-electron chi connectivity index (χ1n) is 11.5. The van der Waals surface area contributed by atoms with Crippen molar-refractivity contribution in [1.82, 2.24) is 14.5 Å². The zero-order valence-electron chi connectivity index (χ0n) is 18.5. The Hall–Kier alpha value is -4.50. The summed E-state index contributed by atoms with van der Waals surface area (Å²) in [6.07, 6.45) is 1.84. The predicted octanol–water partition coefficient (Wildman–Crippen LogP) is 7.61. The summed E-state index contributed by atoms with van der Waals surface area (Å²) in [5.74, 6) is 0.892. The van der Waals surface area contributed by atoms with E-state index in [0.717, 1.165) is 22.6 Å². The lowest BCUT2D eigenvalue weighted by atomic mass is 9.96. The van der Waals surface area contributed by atoms with Crippen molar-refractivity contribution < 1.29 is 0 Å². The quantitative estimate of drug-likeness (QED) is 0.267. The number of imidazole rings is 1. The molecule has 7 aromatic rings. The second-order valence-corrected chi connectivity index (χ2v) is 8.72. The van der Waals surface area contributed by atoms with Gasteiger partial charge in [-0.1, -0.05) is 78.9 Å². The van der Waals surface area contributed by atoms with E-state index in [1.54, 1.807) is 0 Å². The Kier molecular flexibility index (Phi) is 4.21. The minimum Gasteiger partial charge on any atom is -0.318 e. The molecule has 0 amide bonds. The topological polar surface area (TPSA) is 30.7 Å². The van der Waals surface area contributed by atoms with E-state index in [9.17, 15) is 0 Å². The number of hydrogen-bond acceptors (Lipinski definition) is 2. The van der Waals surface area contributed by atoms with E-state index in [2.05, 4.69) is 101 Å². The van der Waals surface area contributed by atoms with Gasteiger partial charge in [-0.15, -0.1) is 0 Å². The third-order valence-electron chi connectivity index (χ3n) is 6.71. The lowest BCUT2D eigenvalue weighted by Gasteiger charge is -2.15. The van der Waals surface area contributed by atoms with Crippen molar-refractivity contribution in [2.75, 3.05) is 0 Å². The van der Waals surface area contributed by atoms with E-state index in [-0.39, 0.29) is 0 Å². The van der Waals surface area contributed by atoms with Crippen molar-refractivity contribution in [2.45, 2.75) is 6.54 Å². The summed E-state index contributed by atoms with van der Waals surface area (Å²) in [6.45, 7) is 0.711. The highest BCUT2D eigenvalue weighted by Crippen LogP contribution is 2.33. The number of hydrogen-bond donors (Lipinski definition) is 0. The van der Waals surface area contributed by atoms with E-state index in [0.29, 0.717) is 6.54 Å². The molecule has 3 heteroatoms. The van der Waals surface area contributed by atoms with Crippen LogP contribution in [0.25, 0.3) is 54.9 Å². The average molecular weight is 436 g/mol. The van der Waals surface area contributed by atoms with Gasteiger partial charge in [0.1, 0.15) is 5.69 Å². The van der Waals surface area contributed by atoms with Crippen LogP contribution in [0.5, 0.6) is 0 Å². The molecule has 0 unspecified atom stereocenters. The first-order valence-corrected chi connectivity index (χ1v) is 11.5. The lowest BCUT2D eigenvalue weighted by Crippen LogP contribution is -2.04. The molecule has 0 aliphatic rings. The number of nitrogens with zero attached hydrogens (tertiary/aromatic N) is 3. The van der Waals surface area contributed by atoms with E-state index in [1.807, 2.05) is 24.4 Å². The summed E-state index contributed by atoms with van der Waals surface area (Å²) in [4.78, 5) is 9.75. The highest BCUT2D eigenvalue weighted by Gasteiger charge is 2.17. The molecule has 34 heavy (non-hydrogen) atoms. The highest BCUT2D eigenvalue weighted by atomic mass is 15.1. The fraction of sp³-hybridized carbons (Fsp3) is 0.0323. The molecule has 7 rings (SSSR count). The number of rotatable bonds is 3. The second kappa shape index (κ2) is 7.53. The molecular formula is C31H21N3. The molecule has 0 fully saturated rings. The summed E-state index contributed by atoms with van der Waals surface area (Å²) < 4.78 is 2.33. The van der Waals surface area contributed by atoms with Crippen LogP contribution in [0, 0.1) is 0 Å². The monoisotopic (exact) mass is 435 g/mol. The van der Waals surface area contributed by atoms with Gasteiger partial charge < -0.3 is 4.57 Å². The summed E-state index contributed by atoms with van der Waals surface area (Å²) in [5.41, 5.74) is 4.30. The lowest BCUT2D eigenvalue weighted by molar-refractivity contribution is 0.842. The molecule has 0 aliphatic carbocycles. The number of benzene rings is 5. The fourth-order valence-electron chi connectivity index (χ4n) is 5.10. The van der Waals surface area contributed by atoms with Crippen LogP contribution in [0.1, 0.15) is 5.56 Å². The molecule has 160 valence electrons. The Morgan fingerprint density at radius 1 is 0.588 bits per heavy atom. The van der Waals surface area contributed by atoms with Crippen LogP contribution < -0.4 is 0 Å². The molecule has 0 bridgehead atoms. The summed E-state index contributed by atoms with van der Waals surface area (Å²) in [5, 5.41) is 7.47. The zero-order valence-corrected chi connectivity index (χ0v) is 18.5. The maximum atomic E-state index is 5.09. The van der Waals surface area contributed by atoms with Crippen LogP contribution in [-0.4, -0.2) is 14.5 Å². The fourth-order valence-corrected chi connectivity index (χ4v) is 5.10. The molecule has 0 atom stereocenters. The van der Waals surface area contributed by atoms with Gasteiger partial charge in [-0.2, -0.15) is 0 Å². The van der Waals surface area contributed by atoms with Crippen molar-refractivity contribution in [3.05, 3.63) is 121 Å². The van der Waals surface area contributed by atoms with E-state index in [4.69, 9.17) is 4.98 Å². The second-order valence-electron chi connectivity index (χ2n) is 8.72. The first-order chi connectivity index (χ1) is 16.8. The van der Waals surface area contributed by atoms with Gasteiger partial charge in [0.25, 0.3) is 0 Å². The van der Waals surface area contributed by atoms with Gasteiger partial charge in [-0.25, -0.2) is 4.98 Å². The number of pyridine rings is 1. The zero-order chi connectivity index (χ0) is 22.5. The van der Waals surface area contributed by atoms with Crippen molar-refractivity contribution in [2.24, 2.45) is 0 Å². The molecule has 5 aromatic carbocycles. The van der Waals surface area contributed by atoms with Gasteiger partial charge in [-0.05, 0) is 68.2 Å². The molecule has 3 nitrogen and oxygen atoms in total. The van der Waals surface area contributed by atoms with Crippen LogP contribution in [0.15, 0.2) is 115 Å². The van der Waals surface area contributed by atoms with Crippen LogP contribution in [-0.2, 0) is 6.54 Å². The largest absolute Gasteiger partial charge is 0.318 e. The Labute approximate surface area is 196 Å². The first kappa shape index (κ1) is 19.0. The summed E-state index contributed by atoms with van der Waals surface area (Å²) in [7, 11) is 0. The van der Waals surface area contributed by atoms with Crippen LogP contribution in [0.3, 0.4) is 0 Å². The molecule has 0 aliphatic heterocycles. The molecule has 0 saturated heterocycles. The minimum absolute atomic E-state index is 0.711. The van der Waals surface area contributed by atoms with E-state index >= 15 is 0 Å². The third kappa shape index (κ3) is 2.98. The average Bonchev–Trinajstić information content (AvgIpc) is 3.24. The van der Waals surface area contributed by atoms with Gasteiger partial charge in [0.2, 0.25) is 0 Å². The van der Waals surface area contributed by atoms with Gasteiger partial charge in [0.15, 0.2) is 5.82 Å². The standard InChI is InChI=1S/C31H21N3/c1-2-10-22-19-30-29(18-21(22)9-1)33-31(28-15-7-8-16-32-28)34(30)20-27-25-13-5-3-11-23(25)17-24-12-4-6-14-26(24)27/h1-19H,20H2. The Bertz CT molecular complexity index is 1780. The van der Waals surface area contributed by atoms with Crippen LogP contribution in [0.4, 0.5) is 0 Å². The predicted molar refractivity (Wildman–Crippen MR) is 141 cm³/mol. The van der Waals surface area contributed by atoms with Crippen molar-refractivity contribution >= 4 is 43.4 Å².